The number of carbonyl (C=O) groups excluding carboxylic acids is 1. The molecule has 1 N–H and O–H groups in total. The molecule has 0 radical (unpaired) electrons. The van der Waals surface area contributed by atoms with Gasteiger partial charge >= 0.3 is 6.03 Å². The number of rotatable bonds is 2. The van der Waals surface area contributed by atoms with E-state index in [9.17, 15) is 13.2 Å². The van der Waals surface area contributed by atoms with Crippen molar-refractivity contribution in [2.24, 2.45) is 10.8 Å². The second-order valence-electron chi connectivity index (χ2n) is 6.63. The highest BCUT2D eigenvalue weighted by molar-refractivity contribution is 7.91. The molecule has 0 bridgehead atoms. The van der Waals surface area contributed by atoms with Gasteiger partial charge in [-0.25, -0.2) is 18.2 Å². The third-order valence-electron chi connectivity index (χ3n) is 4.80. The maximum atomic E-state index is 12.4. The highest BCUT2D eigenvalue weighted by Crippen LogP contribution is 2.52. The predicted octanol–water partition coefficient (Wildman–Crippen LogP) is 1.44. The number of carbonyl (C=O) groups is 1. The molecule has 2 amide bonds. The summed E-state index contributed by atoms with van der Waals surface area (Å²) in [4.78, 5) is 18.1. The molecule has 0 aliphatic carbocycles. The van der Waals surface area contributed by atoms with Crippen LogP contribution < -0.4 is 10.1 Å². The summed E-state index contributed by atoms with van der Waals surface area (Å²) >= 11 is 1.25. The van der Waals surface area contributed by atoms with Gasteiger partial charge in [0.25, 0.3) is 0 Å². The number of nitrogens with zero attached hydrogens (tertiary/aromatic N) is 2. The smallest absolute Gasteiger partial charge is 0.323 e. The Kier molecular flexibility index (Phi) is 3.41. The van der Waals surface area contributed by atoms with Gasteiger partial charge in [-0.1, -0.05) is 25.2 Å². The van der Waals surface area contributed by atoms with Crippen molar-refractivity contribution < 1.29 is 17.9 Å². The average Bonchev–Trinajstić information content (AvgIpc) is 2.96. The Hall–Kier alpha value is -1.35. The highest BCUT2D eigenvalue weighted by atomic mass is 32.2. The Morgan fingerprint density at radius 2 is 1.95 bits per heavy atom. The molecule has 1 aromatic heterocycles. The van der Waals surface area contributed by atoms with E-state index in [1.807, 2.05) is 13.8 Å². The maximum absolute atomic E-state index is 12.4. The lowest BCUT2D eigenvalue weighted by Gasteiger charge is -2.29. The van der Waals surface area contributed by atoms with Crippen LogP contribution in [-0.4, -0.2) is 56.0 Å². The van der Waals surface area contributed by atoms with E-state index in [2.05, 4.69) is 10.3 Å². The SMILES string of the molecule is COc1cnc(NC(=O)N2C[C@@]3(C)CS(=O)(=O)C[C@@]3(C)C2)s1. The van der Waals surface area contributed by atoms with Crippen molar-refractivity contribution in [1.82, 2.24) is 9.88 Å². The zero-order valence-corrected chi connectivity index (χ0v) is 14.4. The zero-order valence-electron chi connectivity index (χ0n) is 12.7. The van der Waals surface area contributed by atoms with E-state index in [-0.39, 0.29) is 28.4 Å². The summed E-state index contributed by atoms with van der Waals surface area (Å²) in [5.74, 6) is 0.288. The van der Waals surface area contributed by atoms with Gasteiger partial charge in [-0.15, -0.1) is 0 Å². The van der Waals surface area contributed by atoms with Gasteiger partial charge < -0.3 is 9.64 Å². The molecule has 0 aromatic carbocycles. The summed E-state index contributed by atoms with van der Waals surface area (Å²) < 4.78 is 28.9. The van der Waals surface area contributed by atoms with E-state index < -0.39 is 9.84 Å². The first-order valence-corrected chi connectivity index (χ1v) is 9.56. The molecule has 2 atom stereocenters. The second kappa shape index (κ2) is 4.82. The molecule has 0 spiro atoms. The van der Waals surface area contributed by atoms with Gasteiger partial charge in [0, 0.05) is 23.9 Å². The summed E-state index contributed by atoms with van der Waals surface area (Å²) in [7, 11) is -1.47. The molecule has 2 aliphatic heterocycles. The van der Waals surface area contributed by atoms with Crippen LogP contribution in [0.25, 0.3) is 0 Å². The fraction of sp³-hybridized carbons (Fsp3) is 0.692. The molecule has 0 unspecified atom stereocenters. The molecule has 122 valence electrons. The molecule has 0 saturated carbocycles. The summed E-state index contributed by atoms with van der Waals surface area (Å²) in [6.07, 6.45) is 1.55. The van der Waals surface area contributed by atoms with Gasteiger partial charge in [-0.05, 0) is 0 Å². The van der Waals surface area contributed by atoms with E-state index in [0.717, 1.165) is 0 Å². The van der Waals surface area contributed by atoms with Crippen molar-refractivity contribution in [3.05, 3.63) is 6.20 Å². The highest BCUT2D eigenvalue weighted by Gasteiger charge is 2.61. The van der Waals surface area contributed by atoms with Gasteiger partial charge in [0.2, 0.25) is 0 Å². The largest absolute Gasteiger partial charge is 0.486 e. The quantitative estimate of drug-likeness (QED) is 0.876. The van der Waals surface area contributed by atoms with Crippen molar-refractivity contribution in [1.29, 1.82) is 0 Å². The van der Waals surface area contributed by atoms with E-state index in [4.69, 9.17) is 4.74 Å². The van der Waals surface area contributed by atoms with Gasteiger partial charge in [-0.3, -0.25) is 5.32 Å². The minimum atomic E-state index is -3.02. The minimum absolute atomic E-state index is 0.144. The van der Waals surface area contributed by atoms with Crippen LogP contribution in [0.15, 0.2) is 6.20 Å². The molecule has 1 aromatic rings. The number of aromatic nitrogens is 1. The van der Waals surface area contributed by atoms with E-state index >= 15 is 0 Å². The van der Waals surface area contributed by atoms with Crippen LogP contribution in [0, 0.1) is 10.8 Å². The molecule has 2 aliphatic rings. The van der Waals surface area contributed by atoms with E-state index in [1.165, 1.54) is 11.3 Å². The topological polar surface area (TPSA) is 88.6 Å². The lowest BCUT2D eigenvalue weighted by atomic mass is 9.71. The van der Waals surface area contributed by atoms with Crippen molar-refractivity contribution in [2.75, 3.05) is 37.0 Å². The minimum Gasteiger partial charge on any atom is -0.486 e. The number of ether oxygens (including phenoxy) is 1. The Balaban J connectivity index is 1.72. The summed E-state index contributed by atoms with van der Waals surface area (Å²) in [5, 5.41) is 3.85. The van der Waals surface area contributed by atoms with Gasteiger partial charge in [-0.2, -0.15) is 0 Å². The molecular weight excluding hydrogens is 326 g/mol. The number of anilines is 1. The van der Waals surface area contributed by atoms with Crippen molar-refractivity contribution in [3.8, 4) is 5.06 Å². The predicted molar refractivity (Wildman–Crippen MR) is 84.1 cm³/mol. The van der Waals surface area contributed by atoms with Crippen molar-refractivity contribution in [2.45, 2.75) is 13.8 Å². The summed E-state index contributed by atoms with van der Waals surface area (Å²) in [5.41, 5.74) is -0.770. The number of hydrogen-bond donors (Lipinski definition) is 1. The lowest BCUT2D eigenvalue weighted by Crippen LogP contribution is -2.36. The first-order valence-electron chi connectivity index (χ1n) is 6.93. The summed E-state index contributed by atoms with van der Waals surface area (Å²) in [6.45, 7) is 4.79. The third-order valence-corrected chi connectivity index (χ3v) is 7.83. The Morgan fingerprint density at radius 1 is 1.36 bits per heavy atom. The molecular formula is C13H19N3O4S2. The molecule has 7 nitrogen and oxygen atoms in total. The van der Waals surface area contributed by atoms with Crippen LogP contribution in [0.1, 0.15) is 13.8 Å². The fourth-order valence-corrected chi connectivity index (χ4v) is 7.01. The molecule has 3 heterocycles. The Morgan fingerprint density at radius 3 is 2.45 bits per heavy atom. The fourth-order valence-electron chi connectivity index (χ4n) is 3.47. The standard InChI is InChI=1S/C13H19N3O4S2/c1-12-5-16(6-13(12,2)8-22(18,19)7-12)11(17)15-10-14-4-9(20-3)21-10/h4H,5-8H2,1-3H3,(H,14,15,17)/t12-,13+. The number of hydrogen-bond acceptors (Lipinski definition) is 6. The van der Waals surface area contributed by atoms with E-state index in [1.54, 1.807) is 18.2 Å². The monoisotopic (exact) mass is 345 g/mol. The van der Waals surface area contributed by atoms with Crippen LogP contribution in [0.4, 0.5) is 9.93 Å². The Labute approximate surface area is 133 Å². The first kappa shape index (κ1) is 15.5. The Bertz CT molecular complexity index is 691. The zero-order chi connectivity index (χ0) is 16.2. The number of nitrogens with one attached hydrogen (secondary N) is 1. The number of thiazole rings is 1. The number of amides is 2. The van der Waals surface area contributed by atoms with Crippen LogP contribution in [0.2, 0.25) is 0 Å². The molecule has 2 saturated heterocycles. The lowest BCUT2D eigenvalue weighted by molar-refractivity contribution is 0.212. The van der Waals surface area contributed by atoms with Gasteiger partial charge in [0.05, 0.1) is 24.8 Å². The maximum Gasteiger partial charge on any atom is 0.323 e. The average molecular weight is 345 g/mol. The van der Waals surface area contributed by atoms with Gasteiger partial charge in [0.15, 0.2) is 20.0 Å². The van der Waals surface area contributed by atoms with Crippen molar-refractivity contribution in [3.63, 3.8) is 0 Å². The third kappa shape index (κ3) is 2.45. The van der Waals surface area contributed by atoms with Gasteiger partial charge in [0.1, 0.15) is 0 Å². The number of urea groups is 1. The number of likely N-dealkylation sites (tertiary alicyclic amines) is 1. The van der Waals surface area contributed by atoms with Crippen molar-refractivity contribution >= 4 is 32.3 Å². The normalized spacial score (nSPS) is 32.8. The number of methoxy groups -OCH3 is 1. The molecule has 2 fully saturated rings. The van der Waals surface area contributed by atoms with Crippen LogP contribution in [-0.2, 0) is 9.84 Å². The molecule has 3 rings (SSSR count). The molecule has 22 heavy (non-hydrogen) atoms. The van der Waals surface area contributed by atoms with E-state index in [0.29, 0.717) is 23.3 Å². The van der Waals surface area contributed by atoms with Crippen LogP contribution in [0.5, 0.6) is 5.06 Å². The van der Waals surface area contributed by atoms with Crippen LogP contribution in [0.3, 0.4) is 0 Å². The molecule has 9 heteroatoms. The number of fused-ring (bicyclic) bond motifs is 1. The second-order valence-corrected chi connectivity index (χ2v) is 9.69. The van der Waals surface area contributed by atoms with Crippen LogP contribution >= 0.6 is 11.3 Å². The summed E-state index contributed by atoms with van der Waals surface area (Å²) in [6, 6.07) is -0.244. The first-order chi connectivity index (χ1) is 10.2. The number of sulfone groups is 1.